The number of aliphatic hydroxyl groups excluding tert-OH is 2. The van der Waals surface area contributed by atoms with Crippen LogP contribution in [0.5, 0.6) is 0 Å². The summed E-state index contributed by atoms with van der Waals surface area (Å²) >= 11 is 0. The molecule has 1 aromatic rings. The van der Waals surface area contributed by atoms with Crippen molar-refractivity contribution >= 4 is 29.4 Å². The maximum absolute atomic E-state index is 13.5. The molecular weight excluding hydrogens is 582 g/mol. The maximum atomic E-state index is 13.5. The number of carboxylic acids is 1. The Morgan fingerprint density at radius 2 is 1.80 bits per heavy atom. The Labute approximate surface area is 261 Å². The number of allylic oxidation sites excluding steroid dienone is 4. The van der Waals surface area contributed by atoms with Gasteiger partial charge in [-0.3, -0.25) is 19.2 Å². The fraction of sp³-hybridized carbons (Fsp3) is 0.559. The van der Waals surface area contributed by atoms with Gasteiger partial charge in [-0.1, -0.05) is 55.8 Å². The Hall–Kier alpha value is -3.67. The third-order valence-corrected chi connectivity index (χ3v) is 11.1. The van der Waals surface area contributed by atoms with Crippen LogP contribution in [0.15, 0.2) is 54.1 Å². The van der Waals surface area contributed by atoms with Gasteiger partial charge in [-0.2, -0.15) is 0 Å². The molecule has 0 saturated heterocycles. The van der Waals surface area contributed by atoms with Gasteiger partial charge >= 0.3 is 11.9 Å². The van der Waals surface area contributed by atoms with Gasteiger partial charge in [0.05, 0.1) is 12.5 Å². The van der Waals surface area contributed by atoms with Gasteiger partial charge in [0.1, 0.15) is 11.7 Å². The van der Waals surface area contributed by atoms with Crippen molar-refractivity contribution < 1.29 is 49.1 Å². The lowest BCUT2D eigenvalue weighted by atomic mass is 9.46. The first-order valence-corrected chi connectivity index (χ1v) is 15.5. The lowest BCUT2D eigenvalue weighted by Crippen LogP contribution is -2.61. The summed E-state index contributed by atoms with van der Waals surface area (Å²) in [7, 11) is 0. The normalized spacial score (nSPS) is 34.8. The molecule has 4 aliphatic rings. The van der Waals surface area contributed by atoms with Gasteiger partial charge in [0, 0.05) is 23.2 Å². The number of rotatable bonds is 10. The van der Waals surface area contributed by atoms with Gasteiger partial charge in [0.2, 0.25) is 11.7 Å². The second kappa shape index (κ2) is 12.3. The number of hydrogen-bond acceptors (Lipinski definition) is 9. The summed E-state index contributed by atoms with van der Waals surface area (Å²) in [5.41, 5.74) is -1.94. The van der Waals surface area contributed by atoms with Crippen LogP contribution in [0.1, 0.15) is 70.5 Å². The number of hydrogen-bond donors (Lipinski definition) is 5. The van der Waals surface area contributed by atoms with Gasteiger partial charge in [-0.25, -0.2) is 4.79 Å². The molecular formula is C34H41NO10. The lowest BCUT2D eigenvalue weighted by molar-refractivity contribution is -0.181. The van der Waals surface area contributed by atoms with Crippen molar-refractivity contribution in [1.82, 2.24) is 5.32 Å². The zero-order valence-corrected chi connectivity index (χ0v) is 25.5. The maximum Gasteiger partial charge on any atom is 0.329 e. The highest BCUT2D eigenvalue weighted by molar-refractivity contribution is 6.01. The average Bonchev–Trinajstić information content (AvgIpc) is 3.28. The molecule has 3 saturated carbocycles. The number of fused-ring (bicyclic) bond motifs is 5. The minimum absolute atomic E-state index is 0.0247. The molecule has 242 valence electrons. The predicted octanol–water partition coefficient (Wildman–Crippen LogP) is 2.19. The lowest BCUT2D eigenvalue weighted by Gasteiger charge is -2.59. The second-order valence-corrected chi connectivity index (χ2v) is 13.4. The largest absolute Gasteiger partial charge is 0.480 e. The first-order valence-electron chi connectivity index (χ1n) is 15.5. The zero-order valence-electron chi connectivity index (χ0n) is 25.5. The second-order valence-electron chi connectivity index (χ2n) is 13.4. The molecule has 1 aromatic carbocycles. The van der Waals surface area contributed by atoms with E-state index in [1.807, 2.05) is 19.9 Å². The van der Waals surface area contributed by atoms with E-state index in [9.17, 15) is 44.4 Å². The number of esters is 1. The third kappa shape index (κ3) is 5.77. The minimum Gasteiger partial charge on any atom is -0.480 e. The standard InChI is InChI=1S/C34H41NO10/c1-32-14-12-21(36)16-20(32)8-9-22-23-13-15-34(44,33(23,2)17-24(37)28(22)32)25(38)18-45-27(40)11-10-26(39)35-29(31(42)43)30(41)19-6-4-3-5-7-19/h3-7,12,14,16,22-24,28-30,37,41,44H,8-11,13,15,17-18H2,1-2H3,(H,35,39)(H,42,43)/t22-,23+,24+,28+,29-,30+,32+,33+,34+/m1/s1. The number of carboxylic acid groups (broad SMARTS) is 1. The molecule has 0 bridgehead atoms. The molecule has 11 heteroatoms. The Balaban J connectivity index is 1.17. The number of aliphatic carboxylic acids is 1. The van der Waals surface area contributed by atoms with Gasteiger partial charge in [-0.05, 0) is 61.7 Å². The number of Topliss-reactive ketones (excluding diaryl/α,β-unsaturated/α-hetero) is 1. The molecule has 5 rings (SSSR count). The molecule has 9 atom stereocenters. The van der Waals surface area contributed by atoms with Crippen molar-refractivity contribution in [3.63, 3.8) is 0 Å². The summed E-state index contributed by atoms with van der Waals surface area (Å²) in [6, 6.07) is 6.34. The van der Waals surface area contributed by atoms with Crippen molar-refractivity contribution in [2.75, 3.05) is 6.61 Å². The molecule has 0 radical (unpaired) electrons. The fourth-order valence-corrected chi connectivity index (χ4v) is 8.71. The summed E-state index contributed by atoms with van der Waals surface area (Å²) in [6.07, 6.45) is 4.24. The molecule has 3 fully saturated rings. The van der Waals surface area contributed by atoms with Gasteiger partial charge in [0.25, 0.3) is 0 Å². The van der Waals surface area contributed by atoms with E-state index in [-0.39, 0.29) is 36.4 Å². The van der Waals surface area contributed by atoms with Gasteiger partial charge in [-0.15, -0.1) is 0 Å². The van der Waals surface area contributed by atoms with Crippen molar-refractivity contribution in [2.45, 2.75) is 82.6 Å². The molecule has 0 heterocycles. The van der Waals surface area contributed by atoms with Crippen LogP contribution < -0.4 is 5.32 Å². The summed E-state index contributed by atoms with van der Waals surface area (Å²) in [4.78, 5) is 62.1. The number of carbonyl (C=O) groups excluding carboxylic acids is 4. The monoisotopic (exact) mass is 623 g/mol. The Kier molecular flexibility index (Phi) is 8.91. The SMILES string of the molecule is C[C@]12C=CC(=O)C=C1CC[C@H]1[C@H]2[C@@H](O)C[C@@]2(C)[C@H]1CC[C@]2(O)C(=O)COC(=O)CCC(=O)N[C@@H](C(=O)O)[C@@H](O)c1ccccc1. The highest BCUT2D eigenvalue weighted by atomic mass is 16.5. The molecule has 0 unspecified atom stereocenters. The van der Waals surface area contributed by atoms with Crippen LogP contribution >= 0.6 is 0 Å². The fourth-order valence-electron chi connectivity index (χ4n) is 8.71. The zero-order chi connectivity index (χ0) is 32.7. The number of ether oxygens (including phenoxy) is 1. The molecule has 0 aromatic heterocycles. The topological polar surface area (TPSA) is 188 Å². The van der Waals surface area contributed by atoms with Crippen molar-refractivity contribution in [2.24, 2.45) is 28.6 Å². The van der Waals surface area contributed by atoms with Crippen LogP contribution in [-0.4, -0.2) is 74.2 Å². The van der Waals surface area contributed by atoms with E-state index >= 15 is 0 Å². The average molecular weight is 624 g/mol. The van der Waals surface area contributed by atoms with Crippen molar-refractivity contribution in [3.05, 3.63) is 59.7 Å². The number of aliphatic hydroxyl groups is 3. The van der Waals surface area contributed by atoms with E-state index in [1.165, 1.54) is 12.1 Å². The summed E-state index contributed by atoms with van der Waals surface area (Å²) < 4.78 is 5.15. The summed E-state index contributed by atoms with van der Waals surface area (Å²) in [5.74, 6) is -4.04. The molecule has 5 N–H and O–H groups in total. The molecule has 1 amide bonds. The van der Waals surface area contributed by atoms with E-state index in [1.54, 1.807) is 30.4 Å². The van der Waals surface area contributed by atoms with Crippen LogP contribution in [0.2, 0.25) is 0 Å². The third-order valence-electron chi connectivity index (χ3n) is 11.1. The number of carbonyl (C=O) groups is 5. The first kappa shape index (κ1) is 32.7. The first-order chi connectivity index (χ1) is 21.2. The molecule has 4 aliphatic carbocycles. The van der Waals surface area contributed by atoms with Crippen molar-refractivity contribution in [3.8, 4) is 0 Å². The molecule has 0 aliphatic heterocycles. The van der Waals surface area contributed by atoms with Crippen LogP contribution in [0, 0.1) is 28.6 Å². The summed E-state index contributed by atoms with van der Waals surface area (Å²) in [5, 5.41) is 45.5. The Morgan fingerprint density at radius 1 is 1.09 bits per heavy atom. The van der Waals surface area contributed by atoms with Crippen LogP contribution in [0.4, 0.5) is 0 Å². The molecule has 45 heavy (non-hydrogen) atoms. The van der Waals surface area contributed by atoms with Gasteiger partial charge < -0.3 is 30.5 Å². The molecule has 11 nitrogen and oxygen atoms in total. The van der Waals surface area contributed by atoms with E-state index in [4.69, 9.17) is 4.74 Å². The molecule has 0 spiro atoms. The highest BCUT2D eigenvalue weighted by Crippen LogP contribution is 2.67. The Morgan fingerprint density at radius 3 is 2.49 bits per heavy atom. The van der Waals surface area contributed by atoms with Crippen LogP contribution in [-0.2, 0) is 28.7 Å². The van der Waals surface area contributed by atoms with Crippen LogP contribution in [0.25, 0.3) is 0 Å². The van der Waals surface area contributed by atoms with E-state index in [0.29, 0.717) is 18.4 Å². The summed E-state index contributed by atoms with van der Waals surface area (Å²) in [6.45, 7) is 3.16. The number of ketones is 2. The van der Waals surface area contributed by atoms with Gasteiger partial charge in [0.15, 0.2) is 18.4 Å². The number of amides is 1. The van der Waals surface area contributed by atoms with E-state index in [2.05, 4.69) is 5.32 Å². The van der Waals surface area contributed by atoms with Crippen LogP contribution in [0.3, 0.4) is 0 Å². The number of nitrogens with one attached hydrogen (secondary N) is 1. The Bertz CT molecular complexity index is 1440. The predicted molar refractivity (Wildman–Crippen MR) is 159 cm³/mol. The minimum atomic E-state index is -1.82. The highest BCUT2D eigenvalue weighted by Gasteiger charge is 2.68. The van der Waals surface area contributed by atoms with E-state index in [0.717, 1.165) is 12.0 Å². The van der Waals surface area contributed by atoms with E-state index < -0.39 is 77.8 Å². The number of benzene rings is 1. The van der Waals surface area contributed by atoms with Crippen molar-refractivity contribution in [1.29, 1.82) is 0 Å². The quantitative estimate of drug-likeness (QED) is 0.242. The smallest absolute Gasteiger partial charge is 0.329 e.